The second-order valence-corrected chi connectivity index (χ2v) is 5.63. The van der Waals surface area contributed by atoms with E-state index in [-0.39, 0.29) is 23.4 Å². The molecular formula is C15H19ClF3NO. The summed E-state index contributed by atoms with van der Waals surface area (Å²) in [5, 5.41) is 0. The van der Waals surface area contributed by atoms with E-state index in [9.17, 15) is 18.0 Å². The molecule has 2 nitrogen and oxygen atoms in total. The van der Waals surface area contributed by atoms with Gasteiger partial charge in [-0.15, -0.1) is 24.8 Å². The highest BCUT2D eigenvalue weighted by Crippen LogP contribution is 2.37. The third-order valence-electron chi connectivity index (χ3n) is 3.15. The molecule has 0 heterocycles. The maximum Gasteiger partial charge on any atom is 0.491 e. The number of hydrogen-bond acceptors (Lipinski definition) is 1. The molecule has 0 bridgehead atoms. The van der Waals surface area contributed by atoms with Gasteiger partial charge in [0.25, 0.3) is 5.91 Å². The highest BCUT2D eigenvalue weighted by Gasteiger charge is 2.49. The van der Waals surface area contributed by atoms with E-state index in [0.29, 0.717) is 12.8 Å². The predicted molar refractivity (Wildman–Crippen MR) is 78.4 cm³/mol. The number of amides is 1. The maximum absolute atomic E-state index is 13.3. The number of benzene rings is 1. The van der Waals surface area contributed by atoms with Crippen LogP contribution in [0.2, 0.25) is 0 Å². The quantitative estimate of drug-likeness (QED) is 0.526. The SMILES string of the molecule is CCCC(Cl)(CCC)C(=O)N(c1ccccc1)C(F)(F)F. The van der Waals surface area contributed by atoms with E-state index >= 15 is 0 Å². The van der Waals surface area contributed by atoms with E-state index in [1.54, 1.807) is 19.9 Å². The van der Waals surface area contributed by atoms with Gasteiger partial charge in [-0.05, 0) is 25.0 Å². The first-order valence-corrected chi connectivity index (χ1v) is 7.29. The smallest absolute Gasteiger partial charge is 0.272 e. The van der Waals surface area contributed by atoms with Gasteiger partial charge in [-0.25, -0.2) is 4.90 Å². The average Bonchev–Trinajstić information content (AvgIpc) is 2.39. The van der Waals surface area contributed by atoms with E-state index in [2.05, 4.69) is 0 Å². The van der Waals surface area contributed by atoms with Gasteiger partial charge in [0.15, 0.2) is 0 Å². The van der Waals surface area contributed by atoms with Crippen molar-refractivity contribution < 1.29 is 18.0 Å². The summed E-state index contributed by atoms with van der Waals surface area (Å²) in [4.78, 5) is 10.8. The van der Waals surface area contributed by atoms with E-state index in [0.717, 1.165) is 0 Å². The Labute approximate surface area is 127 Å². The van der Waals surface area contributed by atoms with Gasteiger partial charge < -0.3 is 0 Å². The Kier molecular flexibility index (Phi) is 6.08. The van der Waals surface area contributed by atoms with Crippen LogP contribution in [0.5, 0.6) is 0 Å². The molecule has 0 fully saturated rings. The lowest BCUT2D eigenvalue weighted by molar-refractivity contribution is -0.152. The molecule has 1 aromatic carbocycles. The summed E-state index contributed by atoms with van der Waals surface area (Å²) in [6, 6.07) is 7.00. The van der Waals surface area contributed by atoms with Gasteiger partial charge in [-0.2, -0.15) is 0 Å². The van der Waals surface area contributed by atoms with Crippen molar-refractivity contribution in [3.8, 4) is 0 Å². The number of carbonyl (C=O) groups excluding carboxylic acids is 1. The molecule has 0 N–H and O–H groups in total. The number of alkyl halides is 4. The molecule has 0 atom stereocenters. The first-order valence-electron chi connectivity index (χ1n) is 6.91. The lowest BCUT2D eigenvalue weighted by atomic mass is 9.95. The summed E-state index contributed by atoms with van der Waals surface area (Å²) < 4.78 is 39.9. The topological polar surface area (TPSA) is 20.3 Å². The van der Waals surface area contributed by atoms with E-state index in [1.165, 1.54) is 24.3 Å². The second-order valence-electron chi connectivity index (χ2n) is 4.91. The van der Waals surface area contributed by atoms with Crippen molar-refractivity contribution in [1.29, 1.82) is 0 Å². The van der Waals surface area contributed by atoms with Gasteiger partial charge in [0, 0.05) is 0 Å². The van der Waals surface area contributed by atoms with Gasteiger partial charge in [0.1, 0.15) is 4.87 Å². The molecular weight excluding hydrogens is 303 g/mol. The Balaban J connectivity index is 3.23. The normalized spacial score (nSPS) is 12.3. The number of nitrogens with zero attached hydrogens (tertiary/aromatic N) is 1. The van der Waals surface area contributed by atoms with Gasteiger partial charge in [0.2, 0.25) is 0 Å². The maximum atomic E-state index is 13.3. The third-order valence-corrected chi connectivity index (χ3v) is 3.69. The first kappa shape index (κ1) is 17.8. The number of para-hydroxylation sites is 1. The number of rotatable bonds is 6. The van der Waals surface area contributed by atoms with Crippen molar-refractivity contribution in [2.75, 3.05) is 4.90 Å². The number of halogens is 4. The van der Waals surface area contributed by atoms with Crippen LogP contribution >= 0.6 is 11.6 Å². The fourth-order valence-corrected chi connectivity index (χ4v) is 2.75. The van der Waals surface area contributed by atoms with Crippen molar-refractivity contribution in [1.82, 2.24) is 0 Å². The zero-order valence-corrected chi connectivity index (χ0v) is 12.8. The van der Waals surface area contributed by atoms with Gasteiger partial charge >= 0.3 is 6.30 Å². The summed E-state index contributed by atoms with van der Waals surface area (Å²) >= 11 is 6.25. The lowest BCUT2D eigenvalue weighted by Gasteiger charge is -2.33. The van der Waals surface area contributed by atoms with Crippen LogP contribution in [0.25, 0.3) is 0 Å². The summed E-state index contributed by atoms with van der Waals surface area (Å²) in [6.07, 6.45) is -3.31. The molecule has 0 unspecified atom stereocenters. The molecule has 0 saturated heterocycles. The monoisotopic (exact) mass is 321 g/mol. The lowest BCUT2D eigenvalue weighted by Crippen LogP contribution is -2.52. The molecule has 118 valence electrons. The fourth-order valence-electron chi connectivity index (χ4n) is 2.29. The molecule has 0 radical (unpaired) electrons. The molecule has 21 heavy (non-hydrogen) atoms. The Morgan fingerprint density at radius 1 is 1.10 bits per heavy atom. The van der Waals surface area contributed by atoms with Crippen molar-refractivity contribution in [3.05, 3.63) is 30.3 Å². The van der Waals surface area contributed by atoms with E-state index in [4.69, 9.17) is 11.6 Å². The minimum atomic E-state index is -4.81. The van der Waals surface area contributed by atoms with E-state index in [1.807, 2.05) is 0 Å². The molecule has 0 aliphatic carbocycles. The Bertz CT molecular complexity index is 456. The molecule has 0 spiro atoms. The molecule has 1 aromatic rings. The molecule has 0 saturated carbocycles. The van der Waals surface area contributed by atoms with Gasteiger partial charge in [0.05, 0.1) is 5.69 Å². The highest BCUT2D eigenvalue weighted by atomic mass is 35.5. The molecule has 0 aliphatic rings. The van der Waals surface area contributed by atoms with Crippen LogP contribution in [0, 0.1) is 0 Å². The standard InChI is InChI=1S/C15H19ClF3NO/c1-3-10-14(16,11-4-2)13(21)20(15(17,18)19)12-8-6-5-7-9-12/h5-9H,3-4,10-11H2,1-2H3. The summed E-state index contributed by atoms with van der Waals surface area (Å²) in [6.45, 7) is 3.58. The van der Waals surface area contributed by atoms with Crippen molar-refractivity contribution >= 4 is 23.2 Å². The largest absolute Gasteiger partial charge is 0.491 e. The van der Waals surface area contributed by atoms with Crippen molar-refractivity contribution in [2.45, 2.75) is 50.7 Å². The average molecular weight is 322 g/mol. The van der Waals surface area contributed by atoms with E-state index < -0.39 is 17.1 Å². The molecule has 1 amide bonds. The highest BCUT2D eigenvalue weighted by molar-refractivity contribution is 6.37. The molecule has 0 aliphatic heterocycles. The molecule has 6 heteroatoms. The van der Waals surface area contributed by atoms with Crippen LogP contribution in [0.3, 0.4) is 0 Å². The van der Waals surface area contributed by atoms with Crippen LogP contribution in [0.1, 0.15) is 39.5 Å². The fraction of sp³-hybridized carbons (Fsp3) is 0.533. The number of anilines is 1. The molecule has 0 aromatic heterocycles. The number of carbonyl (C=O) groups is 1. The van der Waals surface area contributed by atoms with Gasteiger partial charge in [-0.1, -0.05) is 44.9 Å². The Morgan fingerprint density at radius 2 is 1.57 bits per heavy atom. The molecule has 1 rings (SSSR count). The number of hydrogen-bond donors (Lipinski definition) is 0. The minimum absolute atomic E-state index is 0.147. The van der Waals surface area contributed by atoms with Crippen LogP contribution in [0.4, 0.5) is 18.9 Å². The Morgan fingerprint density at radius 3 is 1.95 bits per heavy atom. The summed E-state index contributed by atoms with van der Waals surface area (Å²) in [5.41, 5.74) is -0.216. The van der Waals surface area contributed by atoms with Gasteiger partial charge in [-0.3, -0.25) is 4.79 Å². The van der Waals surface area contributed by atoms with Crippen molar-refractivity contribution in [2.24, 2.45) is 0 Å². The van der Waals surface area contributed by atoms with Crippen LogP contribution in [-0.4, -0.2) is 17.1 Å². The second kappa shape index (κ2) is 7.16. The Hall–Kier alpha value is -1.23. The third kappa shape index (κ3) is 4.37. The minimum Gasteiger partial charge on any atom is -0.272 e. The zero-order chi connectivity index (χ0) is 16.1. The van der Waals surface area contributed by atoms with Crippen LogP contribution < -0.4 is 4.90 Å². The summed E-state index contributed by atoms with van der Waals surface area (Å²) in [7, 11) is 0. The predicted octanol–water partition coefficient (Wildman–Crippen LogP) is 5.12. The summed E-state index contributed by atoms with van der Waals surface area (Å²) in [5.74, 6) is -1.11. The van der Waals surface area contributed by atoms with Crippen LogP contribution in [0.15, 0.2) is 30.3 Å². The zero-order valence-electron chi connectivity index (χ0n) is 12.1. The van der Waals surface area contributed by atoms with Crippen LogP contribution in [-0.2, 0) is 4.79 Å². The van der Waals surface area contributed by atoms with Crippen molar-refractivity contribution in [3.63, 3.8) is 0 Å². The first-order chi connectivity index (χ1) is 9.76.